The van der Waals surface area contributed by atoms with Crippen molar-refractivity contribution in [1.82, 2.24) is 15.5 Å². The number of hydrogen-bond acceptors (Lipinski definition) is 6. The third-order valence-electron chi connectivity index (χ3n) is 5.08. The molecule has 2 aromatic rings. The van der Waals surface area contributed by atoms with Gasteiger partial charge in [-0.2, -0.15) is 4.98 Å². The maximum atomic E-state index is 12.7. The molecule has 3 rings (SSSR count). The number of benzene rings is 1. The number of amides is 1. The molecular weight excluding hydrogens is 356 g/mol. The van der Waals surface area contributed by atoms with Crippen molar-refractivity contribution in [2.24, 2.45) is 0 Å². The zero-order chi connectivity index (χ0) is 19.9. The van der Waals surface area contributed by atoms with Crippen molar-refractivity contribution in [3.8, 4) is 5.75 Å². The molecule has 0 saturated carbocycles. The number of anilines is 1. The molecule has 1 N–H and O–H groups in total. The molecule has 0 saturated heterocycles. The minimum absolute atomic E-state index is 0.0811. The van der Waals surface area contributed by atoms with Crippen LogP contribution in [-0.2, 0) is 17.8 Å². The van der Waals surface area contributed by atoms with E-state index in [0.717, 1.165) is 43.6 Å². The molecule has 0 aliphatic carbocycles. The van der Waals surface area contributed by atoms with Crippen LogP contribution >= 0.6 is 0 Å². The Morgan fingerprint density at radius 2 is 2.07 bits per heavy atom. The van der Waals surface area contributed by atoms with Crippen molar-refractivity contribution in [2.75, 3.05) is 11.4 Å². The topological polar surface area (TPSA) is 80.5 Å². The third kappa shape index (κ3) is 4.82. The van der Waals surface area contributed by atoms with Gasteiger partial charge in [-0.3, -0.25) is 4.79 Å². The smallest absolute Gasteiger partial charge is 0.263 e. The summed E-state index contributed by atoms with van der Waals surface area (Å²) < 4.78 is 11.4. The maximum absolute atomic E-state index is 12.7. The molecule has 152 valence electrons. The predicted octanol–water partition coefficient (Wildman–Crippen LogP) is 3.48. The Balaban J connectivity index is 1.74. The monoisotopic (exact) mass is 386 g/mol. The fourth-order valence-electron chi connectivity index (χ4n) is 3.33. The number of hydrogen-bond donors (Lipinski definition) is 1. The zero-order valence-electron chi connectivity index (χ0n) is 17.0. The summed E-state index contributed by atoms with van der Waals surface area (Å²) >= 11 is 0. The number of nitrogens with one attached hydrogen (secondary N) is 1. The van der Waals surface area contributed by atoms with E-state index in [1.807, 2.05) is 24.3 Å². The summed E-state index contributed by atoms with van der Waals surface area (Å²) in [6.07, 6.45) is 4.18. The number of para-hydroxylation sites is 2. The van der Waals surface area contributed by atoms with Gasteiger partial charge in [0.2, 0.25) is 5.89 Å². The summed E-state index contributed by atoms with van der Waals surface area (Å²) in [7, 11) is 0. The SMILES string of the molecule is CCCCc1noc(CN2CC(C(=O)NC(CC)CC)Oc3ccccc32)n1. The quantitative estimate of drug-likeness (QED) is 0.711. The average Bonchev–Trinajstić information content (AvgIpc) is 3.17. The van der Waals surface area contributed by atoms with Gasteiger partial charge in [0.25, 0.3) is 5.91 Å². The van der Waals surface area contributed by atoms with E-state index < -0.39 is 6.10 Å². The highest BCUT2D eigenvalue weighted by Crippen LogP contribution is 2.34. The Labute approximate surface area is 166 Å². The molecule has 1 amide bonds. The maximum Gasteiger partial charge on any atom is 0.263 e. The van der Waals surface area contributed by atoms with Crippen molar-refractivity contribution < 1.29 is 14.1 Å². The molecule has 0 spiro atoms. The number of carbonyl (C=O) groups is 1. The van der Waals surface area contributed by atoms with Crippen molar-refractivity contribution >= 4 is 11.6 Å². The van der Waals surface area contributed by atoms with E-state index in [1.54, 1.807) is 0 Å². The first-order valence-electron chi connectivity index (χ1n) is 10.3. The van der Waals surface area contributed by atoms with Gasteiger partial charge in [0.05, 0.1) is 18.8 Å². The van der Waals surface area contributed by atoms with Gasteiger partial charge in [-0.05, 0) is 31.4 Å². The lowest BCUT2D eigenvalue weighted by Gasteiger charge is -2.35. The summed E-state index contributed by atoms with van der Waals surface area (Å²) in [5.41, 5.74) is 0.933. The van der Waals surface area contributed by atoms with E-state index in [1.165, 1.54) is 0 Å². The Hall–Kier alpha value is -2.57. The average molecular weight is 386 g/mol. The van der Waals surface area contributed by atoms with Crippen LogP contribution in [-0.4, -0.2) is 34.7 Å². The van der Waals surface area contributed by atoms with Crippen molar-refractivity contribution in [3.63, 3.8) is 0 Å². The molecule has 1 unspecified atom stereocenters. The van der Waals surface area contributed by atoms with Crippen LogP contribution in [0.25, 0.3) is 0 Å². The largest absolute Gasteiger partial charge is 0.477 e. The Bertz CT molecular complexity index is 773. The van der Waals surface area contributed by atoms with E-state index in [-0.39, 0.29) is 11.9 Å². The number of carbonyl (C=O) groups excluding carboxylic acids is 1. The van der Waals surface area contributed by atoms with Crippen LogP contribution in [0.4, 0.5) is 5.69 Å². The number of unbranched alkanes of at least 4 members (excludes halogenated alkanes) is 1. The van der Waals surface area contributed by atoms with Gasteiger partial charge in [-0.25, -0.2) is 0 Å². The molecule has 1 aliphatic heterocycles. The van der Waals surface area contributed by atoms with Crippen LogP contribution in [0.3, 0.4) is 0 Å². The summed E-state index contributed by atoms with van der Waals surface area (Å²) in [4.78, 5) is 19.3. The predicted molar refractivity (Wildman–Crippen MR) is 107 cm³/mol. The van der Waals surface area contributed by atoms with Crippen LogP contribution in [0.15, 0.2) is 28.8 Å². The molecule has 1 atom stereocenters. The summed E-state index contributed by atoms with van der Waals surface area (Å²) in [6.45, 7) is 7.18. The first kappa shape index (κ1) is 20.2. The van der Waals surface area contributed by atoms with Gasteiger partial charge in [-0.15, -0.1) is 0 Å². The number of ether oxygens (including phenoxy) is 1. The van der Waals surface area contributed by atoms with E-state index in [4.69, 9.17) is 9.26 Å². The molecule has 28 heavy (non-hydrogen) atoms. The van der Waals surface area contributed by atoms with E-state index >= 15 is 0 Å². The second-order valence-electron chi connectivity index (χ2n) is 7.18. The van der Waals surface area contributed by atoms with Gasteiger partial charge in [-0.1, -0.05) is 44.5 Å². The van der Waals surface area contributed by atoms with Crippen LogP contribution in [0.2, 0.25) is 0 Å². The number of aromatic nitrogens is 2. The molecule has 7 nitrogen and oxygen atoms in total. The van der Waals surface area contributed by atoms with E-state index in [2.05, 4.69) is 41.1 Å². The minimum atomic E-state index is -0.571. The van der Waals surface area contributed by atoms with Gasteiger partial charge < -0.3 is 19.5 Å². The van der Waals surface area contributed by atoms with Crippen molar-refractivity contribution in [3.05, 3.63) is 36.0 Å². The highest BCUT2D eigenvalue weighted by molar-refractivity contribution is 5.83. The molecule has 1 aromatic carbocycles. The highest BCUT2D eigenvalue weighted by atomic mass is 16.5. The standard InChI is InChI=1S/C21H30N4O3/c1-4-7-12-19-23-20(28-24-19)14-25-13-18(21(26)22-15(5-2)6-3)27-17-11-9-8-10-16(17)25/h8-11,15,18H,4-7,12-14H2,1-3H3,(H,22,26). The first-order chi connectivity index (χ1) is 13.6. The second-order valence-corrected chi connectivity index (χ2v) is 7.18. The Morgan fingerprint density at radius 3 is 2.82 bits per heavy atom. The summed E-state index contributed by atoms with van der Waals surface area (Å²) in [5, 5.41) is 7.15. The third-order valence-corrected chi connectivity index (χ3v) is 5.08. The molecule has 0 fully saturated rings. The summed E-state index contributed by atoms with van der Waals surface area (Å²) in [6, 6.07) is 7.91. The van der Waals surface area contributed by atoms with Crippen LogP contribution in [0.5, 0.6) is 5.75 Å². The second kappa shape index (κ2) is 9.57. The Morgan fingerprint density at radius 1 is 1.29 bits per heavy atom. The number of rotatable bonds is 9. The van der Waals surface area contributed by atoms with Gasteiger partial charge in [0, 0.05) is 12.5 Å². The van der Waals surface area contributed by atoms with Gasteiger partial charge in [0.15, 0.2) is 11.9 Å². The fourth-order valence-corrected chi connectivity index (χ4v) is 3.33. The summed E-state index contributed by atoms with van der Waals surface area (Å²) in [5.74, 6) is 1.91. The van der Waals surface area contributed by atoms with Gasteiger partial charge >= 0.3 is 0 Å². The van der Waals surface area contributed by atoms with Crippen LogP contribution in [0, 0.1) is 0 Å². The molecule has 2 heterocycles. The normalized spacial score (nSPS) is 16.0. The van der Waals surface area contributed by atoms with E-state index in [0.29, 0.717) is 24.7 Å². The lowest BCUT2D eigenvalue weighted by molar-refractivity contribution is -0.128. The zero-order valence-corrected chi connectivity index (χ0v) is 17.0. The number of aryl methyl sites for hydroxylation is 1. The molecular formula is C21H30N4O3. The first-order valence-corrected chi connectivity index (χ1v) is 10.3. The highest BCUT2D eigenvalue weighted by Gasteiger charge is 2.32. The van der Waals surface area contributed by atoms with Crippen LogP contribution < -0.4 is 15.0 Å². The number of fused-ring (bicyclic) bond motifs is 1. The lowest BCUT2D eigenvalue weighted by atomic mass is 10.1. The number of nitrogens with zero attached hydrogens (tertiary/aromatic N) is 3. The lowest BCUT2D eigenvalue weighted by Crippen LogP contribution is -2.51. The molecule has 7 heteroatoms. The van der Waals surface area contributed by atoms with Crippen molar-refractivity contribution in [2.45, 2.75) is 71.6 Å². The Kier molecular flexibility index (Phi) is 6.90. The molecule has 1 aliphatic rings. The molecule has 1 aromatic heterocycles. The molecule has 0 bridgehead atoms. The van der Waals surface area contributed by atoms with Crippen molar-refractivity contribution in [1.29, 1.82) is 0 Å². The minimum Gasteiger partial charge on any atom is -0.477 e. The van der Waals surface area contributed by atoms with Gasteiger partial charge in [0.1, 0.15) is 5.75 Å². The van der Waals surface area contributed by atoms with E-state index in [9.17, 15) is 4.79 Å². The fraction of sp³-hybridized carbons (Fsp3) is 0.571. The van der Waals surface area contributed by atoms with Crippen LogP contribution in [0.1, 0.15) is 58.2 Å². The molecule has 0 radical (unpaired) electrons.